The van der Waals surface area contributed by atoms with Crippen molar-refractivity contribution < 1.29 is 14.3 Å². The minimum atomic E-state index is -0.293. The van der Waals surface area contributed by atoms with E-state index in [1.54, 1.807) is 11.8 Å². The number of hydrogen-bond acceptors (Lipinski definition) is 4. The Kier molecular flexibility index (Phi) is 9.64. The second-order valence-corrected chi connectivity index (χ2v) is 10.5. The first-order valence-electron chi connectivity index (χ1n) is 13.0. The van der Waals surface area contributed by atoms with E-state index < -0.39 is 0 Å². The van der Waals surface area contributed by atoms with Crippen molar-refractivity contribution in [2.75, 3.05) is 32.1 Å². The SMILES string of the molecule is CCCCc1ccc(C(=O)N(CCOC)CC(=O)Nc2cc(C(C)(C)C)nn2-c2cccc(C)c2)cc1. The molecule has 2 amide bonds. The summed E-state index contributed by atoms with van der Waals surface area (Å²) in [6.07, 6.45) is 3.23. The zero-order chi connectivity index (χ0) is 27.0. The van der Waals surface area contributed by atoms with E-state index in [4.69, 9.17) is 9.84 Å². The van der Waals surface area contributed by atoms with Gasteiger partial charge in [-0.25, -0.2) is 4.68 Å². The molecule has 0 aliphatic carbocycles. The van der Waals surface area contributed by atoms with Crippen LogP contribution >= 0.6 is 0 Å². The molecule has 0 radical (unpaired) electrons. The minimum absolute atomic E-state index is 0.0936. The number of ether oxygens (including phenoxy) is 1. The van der Waals surface area contributed by atoms with Gasteiger partial charge in [0.15, 0.2) is 0 Å². The maximum atomic E-state index is 13.3. The van der Waals surface area contributed by atoms with Crippen molar-refractivity contribution in [1.82, 2.24) is 14.7 Å². The van der Waals surface area contributed by atoms with E-state index in [9.17, 15) is 9.59 Å². The van der Waals surface area contributed by atoms with E-state index in [-0.39, 0.29) is 23.8 Å². The Labute approximate surface area is 220 Å². The lowest BCUT2D eigenvalue weighted by Gasteiger charge is -2.22. The molecule has 3 aromatic rings. The monoisotopic (exact) mass is 504 g/mol. The van der Waals surface area contributed by atoms with Crippen LogP contribution in [0.25, 0.3) is 5.69 Å². The molecule has 0 bridgehead atoms. The highest BCUT2D eigenvalue weighted by atomic mass is 16.5. The van der Waals surface area contributed by atoms with Crippen LogP contribution in [0.3, 0.4) is 0 Å². The predicted molar refractivity (Wildman–Crippen MR) is 148 cm³/mol. The van der Waals surface area contributed by atoms with Gasteiger partial charge in [-0.15, -0.1) is 0 Å². The fraction of sp³-hybridized carbons (Fsp3) is 0.433. The summed E-state index contributed by atoms with van der Waals surface area (Å²) in [6.45, 7) is 11.0. The fourth-order valence-corrected chi connectivity index (χ4v) is 3.98. The van der Waals surface area contributed by atoms with E-state index in [0.29, 0.717) is 24.5 Å². The molecular weight excluding hydrogens is 464 g/mol. The summed E-state index contributed by atoms with van der Waals surface area (Å²) in [5.41, 5.74) is 4.39. The van der Waals surface area contributed by atoms with Gasteiger partial charge in [0.05, 0.1) is 18.0 Å². The number of aryl methyl sites for hydroxylation is 2. The molecule has 1 N–H and O–H groups in total. The molecule has 37 heavy (non-hydrogen) atoms. The van der Waals surface area contributed by atoms with E-state index in [2.05, 4.69) is 33.0 Å². The van der Waals surface area contributed by atoms with Crippen LogP contribution in [0.2, 0.25) is 0 Å². The van der Waals surface area contributed by atoms with Gasteiger partial charge in [-0.05, 0) is 55.2 Å². The lowest BCUT2D eigenvalue weighted by atomic mass is 9.92. The lowest BCUT2D eigenvalue weighted by Crippen LogP contribution is -2.40. The van der Waals surface area contributed by atoms with Crippen LogP contribution in [0, 0.1) is 6.92 Å². The van der Waals surface area contributed by atoms with Crippen molar-refractivity contribution in [2.24, 2.45) is 0 Å². The Hall–Kier alpha value is -3.45. The third-order valence-corrected chi connectivity index (χ3v) is 6.20. The van der Waals surface area contributed by atoms with Gasteiger partial charge in [-0.1, -0.05) is 58.4 Å². The van der Waals surface area contributed by atoms with Gasteiger partial charge in [0, 0.05) is 30.7 Å². The van der Waals surface area contributed by atoms with Crippen LogP contribution < -0.4 is 5.32 Å². The zero-order valence-electron chi connectivity index (χ0n) is 23.0. The molecule has 1 aromatic heterocycles. The molecule has 198 valence electrons. The van der Waals surface area contributed by atoms with Crippen LogP contribution in [-0.2, 0) is 21.4 Å². The molecule has 0 saturated carbocycles. The molecule has 0 spiro atoms. The topological polar surface area (TPSA) is 76.5 Å². The van der Waals surface area contributed by atoms with Gasteiger partial charge in [0.2, 0.25) is 5.91 Å². The number of rotatable bonds is 11. The highest BCUT2D eigenvalue weighted by molar-refractivity contribution is 5.99. The second-order valence-electron chi connectivity index (χ2n) is 10.5. The van der Waals surface area contributed by atoms with Gasteiger partial charge < -0.3 is 15.0 Å². The lowest BCUT2D eigenvalue weighted by molar-refractivity contribution is -0.117. The Morgan fingerprint density at radius 1 is 1.08 bits per heavy atom. The van der Waals surface area contributed by atoms with Crippen molar-refractivity contribution >= 4 is 17.6 Å². The number of nitrogens with one attached hydrogen (secondary N) is 1. The van der Waals surface area contributed by atoms with Crippen molar-refractivity contribution in [3.8, 4) is 5.69 Å². The third-order valence-electron chi connectivity index (χ3n) is 6.20. The van der Waals surface area contributed by atoms with Crippen molar-refractivity contribution in [1.29, 1.82) is 0 Å². The third kappa shape index (κ3) is 7.76. The number of amides is 2. The first kappa shape index (κ1) is 28.1. The summed E-state index contributed by atoms with van der Waals surface area (Å²) in [5, 5.41) is 7.78. The van der Waals surface area contributed by atoms with Gasteiger partial charge in [0.1, 0.15) is 12.4 Å². The molecule has 2 aromatic carbocycles. The molecule has 0 aliphatic heterocycles. The van der Waals surface area contributed by atoms with E-state index in [1.165, 1.54) is 10.5 Å². The summed E-state index contributed by atoms with van der Waals surface area (Å²) < 4.78 is 6.96. The molecule has 7 nitrogen and oxygen atoms in total. The highest BCUT2D eigenvalue weighted by Gasteiger charge is 2.23. The average molecular weight is 505 g/mol. The molecular formula is C30H40N4O3. The number of methoxy groups -OCH3 is 1. The Balaban J connectivity index is 1.81. The maximum absolute atomic E-state index is 13.3. The van der Waals surface area contributed by atoms with Crippen LogP contribution in [0.4, 0.5) is 5.82 Å². The molecule has 0 unspecified atom stereocenters. The number of benzene rings is 2. The van der Waals surface area contributed by atoms with Crippen molar-refractivity contribution in [2.45, 2.75) is 59.3 Å². The smallest absolute Gasteiger partial charge is 0.254 e. The number of unbranched alkanes of at least 4 members (excludes halogenated alkanes) is 1. The van der Waals surface area contributed by atoms with Crippen LogP contribution in [0.5, 0.6) is 0 Å². The normalized spacial score (nSPS) is 11.4. The van der Waals surface area contributed by atoms with E-state index >= 15 is 0 Å². The Bertz CT molecular complexity index is 1190. The predicted octanol–water partition coefficient (Wildman–Crippen LogP) is 5.55. The Morgan fingerprint density at radius 2 is 1.81 bits per heavy atom. The molecule has 0 atom stereocenters. The summed E-state index contributed by atoms with van der Waals surface area (Å²) >= 11 is 0. The number of hydrogen-bond donors (Lipinski definition) is 1. The largest absolute Gasteiger partial charge is 0.383 e. The molecule has 0 aliphatic rings. The van der Waals surface area contributed by atoms with Crippen molar-refractivity contribution in [3.05, 3.63) is 77.0 Å². The number of nitrogens with zero attached hydrogens (tertiary/aromatic N) is 3. The summed E-state index contributed by atoms with van der Waals surface area (Å²) in [7, 11) is 1.58. The number of carbonyl (C=O) groups excluding carboxylic acids is 2. The van der Waals surface area contributed by atoms with Gasteiger partial charge in [-0.2, -0.15) is 5.10 Å². The molecule has 0 fully saturated rings. The second kappa shape index (κ2) is 12.7. The first-order chi connectivity index (χ1) is 17.6. The van der Waals surface area contributed by atoms with E-state index in [1.807, 2.05) is 61.5 Å². The fourth-order valence-electron chi connectivity index (χ4n) is 3.98. The summed E-state index contributed by atoms with van der Waals surface area (Å²) in [5.74, 6) is 0.0787. The van der Waals surface area contributed by atoms with Crippen LogP contribution in [0.1, 0.15) is 67.7 Å². The highest BCUT2D eigenvalue weighted by Crippen LogP contribution is 2.26. The molecule has 3 rings (SSSR count). The summed E-state index contributed by atoms with van der Waals surface area (Å²) in [6, 6.07) is 17.5. The average Bonchev–Trinajstić information content (AvgIpc) is 3.29. The van der Waals surface area contributed by atoms with E-state index in [0.717, 1.165) is 36.2 Å². The molecule has 7 heteroatoms. The van der Waals surface area contributed by atoms with Gasteiger partial charge >= 0.3 is 0 Å². The summed E-state index contributed by atoms with van der Waals surface area (Å²) in [4.78, 5) is 28.0. The number of aromatic nitrogens is 2. The zero-order valence-corrected chi connectivity index (χ0v) is 23.0. The molecule has 1 heterocycles. The minimum Gasteiger partial charge on any atom is -0.383 e. The van der Waals surface area contributed by atoms with Crippen LogP contribution in [0.15, 0.2) is 54.6 Å². The van der Waals surface area contributed by atoms with Crippen molar-refractivity contribution in [3.63, 3.8) is 0 Å². The quantitative estimate of drug-likeness (QED) is 0.372. The maximum Gasteiger partial charge on any atom is 0.254 e. The molecule has 0 saturated heterocycles. The van der Waals surface area contributed by atoms with Crippen LogP contribution in [-0.4, -0.2) is 53.3 Å². The Morgan fingerprint density at radius 3 is 2.43 bits per heavy atom. The van der Waals surface area contributed by atoms with Gasteiger partial charge in [-0.3, -0.25) is 9.59 Å². The van der Waals surface area contributed by atoms with Gasteiger partial charge in [0.25, 0.3) is 5.91 Å². The first-order valence-corrected chi connectivity index (χ1v) is 13.0. The standard InChI is InChI=1S/C30H40N4O3/c1-7-8-11-23-13-15-24(16-14-23)29(36)33(17-18-37-6)21-28(35)31-27-20-26(30(3,4)5)32-34(27)25-12-9-10-22(2)19-25/h9-10,12-16,19-20H,7-8,11,17-18,21H2,1-6H3,(H,31,35). The number of carbonyl (C=O) groups is 2. The number of anilines is 1.